The molecular weight excluding hydrogens is 338 g/mol. The SMILES string of the molecule is N=C1c2ccoc2NCN1c1ccc(NC(=O)Nc2cccs2)cc1. The zero-order valence-electron chi connectivity index (χ0n) is 13.1. The molecule has 0 bridgehead atoms. The summed E-state index contributed by atoms with van der Waals surface area (Å²) in [5, 5.41) is 19.7. The highest BCUT2D eigenvalue weighted by atomic mass is 32.1. The highest BCUT2D eigenvalue weighted by Gasteiger charge is 2.24. The second-order valence-electron chi connectivity index (χ2n) is 5.38. The molecule has 0 fully saturated rings. The van der Waals surface area contributed by atoms with E-state index in [0.717, 1.165) is 16.3 Å². The van der Waals surface area contributed by atoms with Gasteiger partial charge in [-0.25, -0.2) is 4.79 Å². The average molecular weight is 353 g/mol. The molecule has 0 saturated carbocycles. The fourth-order valence-electron chi connectivity index (χ4n) is 2.58. The Labute approximate surface area is 147 Å². The maximum absolute atomic E-state index is 11.9. The average Bonchev–Trinajstić information content (AvgIpc) is 3.28. The van der Waals surface area contributed by atoms with E-state index in [4.69, 9.17) is 9.83 Å². The van der Waals surface area contributed by atoms with Gasteiger partial charge < -0.3 is 20.0 Å². The summed E-state index contributed by atoms with van der Waals surface area (Å²) in [6.45, 7) is 0.449. The number of furan rings is 1. The fourth-order valence-corrected chi connectivity index (χ4v) is 3.19. The number of fused-ring (bicyclic) bond motifs is 1. The molecule has 4 N–H and O–H groups in total. The second kappa shape index (κ2) is 6.33. The van der Waals surface area contributed by atoms with Gasteiger partial charge in [-0.3, -0.25) is 10.7 Å². The summed E-state index contributed by atoms with van der Waals surface area (Å²) in [6.07, 6.45) is 1.56. The number of amides is 2. The maximum atomic E-state index is 11.9. The Balaban J connectivity index is 1.44. The third-order valence-corrected chi connectivity index (χ3v) is 4.57. The fraction of sp³-hybridized carbons (Fsp3) is 0.0588. The van der Waals surface area contributed by atoms with Gasteiger partial charge in [-0.05, 0) is 47.8 Å². The van der Waals surface area contributed by atoms with Gasteiger partial charge in [-0.2, -0.15) is 0 Å². The van der Waals surface area contributed by atoms with Crippen molar-refractivity contribution in [2.24, 2.45) is 0 Å². The molecule has 25 heavy (non-hydrogen) atoms. The van der Waals surface area contributed by atoms with E-state index in [9.17, 15) is 4.79 Å². The first-order valence-electron chi connectivity index (χ1n) is 7.60. The standard InChI is InChI=1S/C17H15N5O2S/c18-15-13-7-8-24-16(13)19-10-22(15)12-5-3-11(4-6-12)20-17(23)21-14-2-1-9-25-14/h1-9,18-19H,10H2,(H2,20,21,23). The van der Waals surface area contributed by atoms with Crippen molar-refractivity contribution >= 4 is 45.5 Å². The van der Waals surface area contributed by atoms with Crippen LogP contribution in [0.2, 0.25) is 0 Å². The van der Waals surface area contributed by atoms with Gasteiger partial charge in [0.15, 0.2) is 0 Å². The molecule has 0 aliphatic carbocycles. The van der Waals surface area contributed by atoms with E-state index in [-0.39, 0.29) is 6.03 Å². The number of nitrogens with zero attached hydrogens (tertiary/aromatic N) is 1. The molecule has 0 atom stereocenters. The molecule has 1 aliphatic heterocycles. The first-order chi connectivity index (χ1) is 12.2. The Hall–Kier alpha value is -3.26. The predicted molar refractivity (Wildman–Crippen MR) is 99.9 cm³/mol. The summed E-state index contributed by atoms with van der Waals surface area (Å²) in [5.74, 6) is 0.989. The van der Waals surface area contributed by atoms with Crippen LogP contribution >= 0.6 is 11.3 Å². The van der Waals surface area contributed by atoms with Crippen LogP contribution in [0.25, 0.3) is 0 Å². The Morgan fingerprint density at radius 2 is 2.04 bits per heavy atom. The van der Waals surface area contributed by atoms with Crippen molar-refractivity contribution in [2.75, 3.05) is 27.5 Å². The lowest BCUT2D eigenvalue weighted by atomic mass is 10.2. The molecule has 1 aliphatic rings. The first kappa shape index (κ1) is 15.3. The molecule has 0 saturated heterocycles. The number of nitrogens with one attached hydrogen (secondary N) is 4. The Bertz CT molecular complexity index is 902. The largest absolute Gasteiger partial charge is 0.448 e. The van der Waals surface area contributed by atoms with Crippen LogP contribution in [0.3, 0.4) is 0 Å². The molecule has 7 nitrogen and oxygen atoms in total. The molecule has 8 heteroatoms. The van der Waals surface area contributed by atoms with E-state index in [1.54, 1.807) is 12.3 Å². The molecule has 3 aromatic rings. The molecule has 4 rings (SSSR count). The molecule has 2 amide bonds. The minimum Gasteiger partial charge on any atom is -0.448 e. The Morgan fingerprint density at radius 1 is 1.20 bits per heavy atom. The first-order valence-corrected chi connectivity index (χ1v) is 8.48. The summed E-state index contributed by atoms with van der Waals surface area (Å²) in [6, 6.07) is 12.5. The highest BCUT2D eigenvalue weighted by Crippen LogP contribution is 2.27. The lowest BCUT2D eigenvalue weighted by Crippen LogP contribution is -2.39. The molecule has 0 spiro atoms. The summed E-state index contributed by atoms with van der Waals surface area (Å²) in [5.41, 5.74) is 2.26. The van der Waals surface area contributed by atoms with E-state index >= 15 is 0 Å². The third-order valence-electron chi connectivity index (χ3n) is 3.78. The van der Waals surface area contributed by atoms with Crippen LogP contribution in [0.15, 0.2) is 58.5 Å². The zero-order chi connectivity index (χ0) is 17.2. The van der Waals surface area contributed by atoms with Crippen molar-refractivity contribution in [1.29, 1.82) is 5.41 Å². The van der Waals surface area contributed by atoms with Gasteiger partial charge >= 0.3 is 6.03 Å². The van der Waals surface area contributed by atoms with Crippen LogP contribution < -0.4 is 20.9 Å². The third kappa shape index (κ3) is 3.07. The molecule has 0 radical (unpaired) electrons. The highest BCUT2D eigenvalue weighted by molar-refractivity contribution is 7.14. The number of anilines is 4. The minimum atomic E-state index is -0.286. The number of carbonyl (C=O) groups excluding carboxylic acids is 1. The quantitative estimate of drug-likeness (QED) is 0.568. The number of amidine groups is 1. The number of benzene rings is 1. The van der Waals surface area contributed by atoms with Crippen molar-refractivity contribution in [3.8, 4) is 0 Å². The van der Waals surface area contributed by atoms with Crippen LogP contribution in [-0.4, -0.2) is 18.5 Å². The van der Waals surface area contributed by atoms with Crippen LogP contribution in [0.4, 0.5) is 27.1 Å². The van der Waals surface area contributed by atoms with Crippen LogP contribution in [0, 0.1) is 5.41 Å². The molecular formula is C17H15N5O2S. The number of hydrogen-bond acceptors (Lipinski definition) is 5. The number of hydrogen-bond donors (Lipinski definition) is 4. The number of thiophene rings is 1. The minimum absolute atomic E-state index is 0.286. The van der Waals surface area contributed by atoms with E-state index < -0.39 is 0 Å². The van der Waals surface area contributed by atoms with Gasteiger partial charge in [0.2, 0.25) is 5.88 Å². The van der Waals surface area contributed by atoms with Gasteiger partial charge in [-0.1, -0.05) is 0 Å². The van der Waals surface area contributed by atoms with Crippen LogP contribution in [0.5, 0.6) is 0 Å². The summed E-state index contributed by atoms with van der Waals surface area (Å²) >= 11 is 1.46. The van der Waals surface area contributed by atoms with E-state index in [0.29, 0.717) is 24.1 Å². The summed E-state index contributed by atoms with van der Waals surface area (Å²) < 4.78 is 5.28. The molecule has 1 aromatic carbocycles. The summed E-state index contributed by atoms with van der Waals surface area (Å²) in [4.78, 5) is 13.8. The second-order valence-corrected chi connectivity index (χ2v) is 6.33. The number of urea groups is 1. The van der Waals surface area contributed by atoms with Gasteiger partial charge in [-0.15, -0.1) is 11.3 Å². The van der Waals surface area contributed by atoms with Crippen LogP contribution in [-0.2, 0) is 0 Å². The molecule has 0 unspecified atom stereocenters. The number of rotatable bonds is 3. The van der Waals surface area contributed by atoms with E-state index in [1.807, 2.05) is 46.7 Å². The molecule has 3 heterocycles. The maximum Gasteiger partial charge on any atom is 0.324 e. The topological polar surface area (TPSA) is 93.4 Å². The normalized spacial score (nSPS) is 13.1. The van der Waals surface area contributed by atoms with Crippen molar-refractivity contribution in [3.05, 3.63) is 59.7 Å². The lowest BCUT2D eigenvalue weighted by molar-refractivity contribution is 0.262. The Kier molecular flexibility index (Phi) is 3.87. The van der Waals surface area contributed by atoms with Crippen molar-refractivity contribution in [2.45, 2.75) is 0 Å². The van der Waals surface area contributed by atoms with Gasteiger partial charge in [0.05, 0.1) is 23.5 Å². The lowest BCUT2D eigenvalue weighted by Gasteiger charge is -2.29. The van der Waals surface area contributed by atoms with E-state index in [2.05, 4.69) is 16.0 Å². The Morgan fingerprint density at radius 3 is 2.80 bits per heavy atom. The zero-order valence-corrected chi connectivity index (χ0v) is 13.9. The predicted octanol–water partition coefficient (Wildman–Crippen LogP) is 4.20. The number of carbonyl (C=O) groups is 1. The molecule has 126 valence electrons. The van der Waals surface area contributed by atoms with E-state index in [1.165, 1.54) is 11.3 Å². The van der Waals surface area contributed by atoms with Gasteiger partial charge in [0.1, 0.15) is 5.84 Å². The van der Waals surface area contributed by atoms with Crippen molar-refractivity contribution in [3.63, 3.8) is 0 Å². The van der Waals surface area contributed by atoms with Crippen molar-refractivity contribution < 1.29 is 9.21 Å². The van der Waals surface area contributed by atoms with Gasteiger partial charge in [0, 0.05) is 11.4 Å². The van der Waals surface area contributed by atoms with Gasteiger partial charge in [0.25, 0.3) is 0 Å². The molecule has 2 aromatic heterocycles. The van der Waals surface area contributed by atoms with Crippen molar-refractivity contribution in [1.82, 2.24) is 0 Å². The summed E-state index contributed by atoms with van der Waals surface area (Å²) in [7, 11) is 0. The van der Waals surface area contributed by atoms with Crippen LogP contribution in [0.1, 0.15) is 5.56 Å². The monoisotopic (exact) mass is 353 g/mol. The smallest absolute Gasteiger partial charge is 0.324 e.